The number of halogens is 2. The molecular formula is C15H12Cl2N4O. The summed E-state index contributed by atoms with van der Waals surface area (Å²) in [6, 6.07) is 6.99. The van der Waals surface area contributed by atoms with Crippen molar-refractivity contribution in [2.24, 2.45) is 7.05 Å². The Hall–Kier alpha value is -2.11. The summed E-state index contributed by atoms with van der Waals surface area (Å²) in [5, 5.41) is 8.47. The normalized spacial score (nSPS) is 10.9. The van der Waals surface area contributed by atoms with Crippen LogP contribution < -0.4 is 5.32 Å². The molecule has 0 saturated carbocycles. The van der Waals surface area contributed by atoms with Crippen molar-refractivity contribution in [2.45, 2.75) is 6.92 Å². The van der Waals surface area contributed by atoms with Gasteiger partial charge in [-0.1, -0.05) is 35.3 Å². The maximum atomic E-state index is 12.4. The van der Waals surface area contributed by atoms with E-state index in [4.69, 9.17) is 23.2 Å². The lowest BCUT2D eigenvalue weighted by Gasteiger charge is -2.08. The summed E-state index contributed by atoms with van der Waals surface area (Å²) >= 11 is 12.4. The van der Waals surface area contributed by atoms with Crippen LogP contribution in [0, 0.1) is 6.92 Å². The highest BCUT2D eigenvalue weighted by Gasteiger charge is 2.18. The molecule has 0 spiro atoms. The van der Waals surface area contributed by atoms with Crippen LogP contribution in [0.1, 0.15) is 16.1 Å². The van der Waals surface area contributed by atoms with Crippen molar-refractivity contribution < 1.29 is 4.79 Å². The topological polar surface area (TPSA) is 59.8 Å². The number of carbonyl (C=O) groups excluding carboxylic acids is 1. The minimum Gasteiger partial charge on any atom is -0.321 e. The van der Waals surface area contributed by atoms with Gasteiger partial charge in [-0.05, 0) is 19.1 Å². The molecule has 7 heteroatoms. The number of para-hydroxylation sites is 1. The monoisotopic (exact) mass is 334 g/mol. The molecule has 0 atom stereocenters. The van der Waals surface area contributed by atoms with E-state index in [0.717, 1.165) is 5.69 Å². The van der Waals surface area contributed by atoms with E-state index in [1.165, 1.54) is 6.20 Å². The van der Waals surface area contributed by atoms with Gasteiger partial charge in [0.05, 0.1) is 32.4 Å². The van der Waals surface area contributed by atoms with Gasteiger partial charge in [-0.15, -0.1) is 0 Å². The molecule has 0 aliphatic heterocycles. The number of benzene rings is 1. The van der Waals surface area contributed by atoms with Crippen LogP contribution in [0.25, 0.3) is 11.0 Å². The lowest BCUT2D eigenvalue weighted by atomic mass is 10.2. The van der Waals surface area contributed by atoms with Crippen molar-refractivity contribution in [1.82, 2.24) is 14.8 Å². The van der Waals surface area contributed by atoms with Gasteiger partial charge in [0.1, 0.15) is 0 Å². The van der Waals surface area contributed by atoms with Gasteiger partial charge in [0.2, 0.25) is 0 Å². The average molecular weight is 335 g/mol. The van der Waals surface area contributed by atoms with Crippen LogP contribution in [0.15, 0.2) is 30.5 Å². The number of aromatic nitrogens is 3. The summed E-state index contributed by atoms with van der Waals surface area (Å²) in [4.78, 5) is 16.7. The first-order chi connectivity index (χ1) is 10.5. The lowest BCUT2D eigenvalue weighted by Crippen LogP contribution is -2.13. The molecule has 0 fully saturated rings. The fourth-order valence-corrected chi connectivity index (χ4v) is 2.82. The number of aryl methyl sites for hydroxylation is 2. The number of anilines is 1. The van der Waals surface area contributed by atoms with Gasteiger partial charge >= 0.3 is 0 Å². The molecule has 0 saturated heterocycles. The highest BCUT2D eigenvalue weighted by atomic mass is 35.5. The molecule has 3 rings (SSSR count). The molecule has 1 amide bonds. The van der Waals surface area contributed by atoms with Crippen LogP contribution in [-0.2, 0) is 7.05 Å². The SMILES string of the molecule is Cc1nn(C)c2ncc(C(=O)Nc3ccccc3Cl)c(Cl)c12. The number of carbonyl (C=O) groups is 1. The first kappa shape index (κ1) is 14.8. The second-order valence-electron chi connectivity index (χ2n) is 4.83. The number of rotatable bonds is 2. The highest BCUT2D eigenvalue weighted by Crippen LogP contribution is 2.29. The van der Waals surface area contributed by atoms with Crippen LogP contribution in [0.4, 0.5) is 5.69 Å². The van der Waals surface area contributed by atoms with E-state index < -0.39 is 0 Å². The predicted octanol–water partition coefficient (Wildman–Crippen LogP) is 3.84. The zero-order chi connectivity index (χ0) is 15.9. The Morgan fingerprint density at radius 1 is 1.27 bits per heavy atom. The predicted molar refractivity (Wildman–Crippen MR) is 87.7 cm³/mol. The Kier molecular flexibility index (Phi) is 3.76. The minimum atomic E-state index is -0.365. The van der Waals surface area contributed by atoms with Crippen molar-refractivity contribution >= 4 is 45.8 Å². The number of fused-ring (bicyclic) bond motifs is 1. The molecule has 112 valence electrons. The molecule has 0 aliphatic carbocycles. The van der Waals surface area contributed by atoms with Crippen LogP contribution >= 0.6 is 23.2 Å². The standard InChI is InChI=1S/C15H12Cl2N4O/c1-8-12-13(17)9(7-18-14(12)21(2)20-8)15(22)19-11-6-4-3-5-10(11)16/h3-7H,1-2H3,(H,19,22). The van der Waals surface area contributed by atoms with Gasteiger partial charge < -0.3 is 5.32 Å². The molecule has 2 aromatic heterocycles. The van der Waals surface area contributed by atoms with Gasteiger partial charge in [-0.2, -0.15) is 5.10 Å². The first-order valence-corrected chi connectivity index (χ1v) is 7.28. The molecule has 0 radical (unpaired) electrons. The van der Waals surface area contributed by atoms with Crippen molar-refractivity contribution in [3.8, 4) is 0 Å². The Balaban J connectivity index is 2.03. The summed E-state index contributed by atoms with van der Waals surface area (Å²) in [6.45, 7) is 1.83. The Morgan fingerprint density at radius 3 is 2.73 bits per heavy atom. The van der Waals surface area contributed by atoms with Crippen molar-refractivity contribution in [3.05, 3.63) is 51.8 Å². The quantitative estimate of drug-likeness (QED) is 0.774. The molecule has 0 bridgehead atoms. The van der Waals surface area contributed by atoms with Gasteiger partial charge in [0.15, 0.2) is 5.65 Å². The van der Waals surface area contributed by atoms with E-state index in [1.54, 1.807) is 36.0 Å². The Labute approximate surface area is 136 Å². The van der Waals surface area contributed by atoms with Crippen LogP contribution in [0.5, 0.6) is 0 Å². The number of nitrogens with zero attached hydrogens (tertiary/aromatic N) is 3. The second kappa shape index (κ2) is 5.59. The van der Waals surface area contributed by atoms with Crippen molar-refractivity contribution in [1.29, 1.82) is 0 Å². The third kappa shape index (κ3) is 2.42. The van der Waals surface area contributed by atoms with Crippen LogP contribution in [0.2, 0.25) is 10.0 Å². The number of nitrogens with one attached hydrogen (secondary N) is 1. The van der Waals surface area contributed by atoms with E-state index in [-0.39, 0.29) is 11.5 Å². The Bertz CT molecular complexity index is 889. The lowest BCUT2D eigenvalue weighted by molar-refractivity contribution is 0.102. The molecule has 1 N–H and O–H groups in total. The third-order valence-electron chi connectivity index (χ3n) is 3.33. The number of amides is 1. The third-order valence-corrected chi connectivity index (χ3v) is 4.05. The number of hydrogen-bond acceptors (Lipinski definition) is 3. The maximum Gasteiger partial charge on any atom is 0.258 e. The summed E-state index contributed by atoms with van der Waals surface area (Å²) in [7, 11) is 1.78. The second-order valence-corrected chi connectivity index (χ2v) is 5.61. The minimum absolute atomic E-state index is 0.283. The van der Waals surface area contributed by atoms with E-state index in [0.29, 0.717) is 26.8 Å². The van der Waals surface area contributed by atoms with E-state index in [1.807, 2.05) is 6.92 Å². The van der Waals surface area contributed by atoms with Gasteiger partial charge in [0.25, 0.3) is 5.91 Å². The first-order valence-electron chi connectivity index (χ1n) is 6.52. The fourth-order valence-electron chi connectivity index (χ4n) is 2.28. The smallest absolute Gasteiger partial charge is 0.258 e. The molecule has 3 aromatic rings. The summed E-state index contributed by atoms with van der Waals surface area (Å²) in [5.74, 6) is -0.365. The largest absolute Gasteiger partial charge is 0.321 e. The Morgan fingerprint density at radius 2 is 2.00 bits per heavy atom. The van der Waals surface area contributed by atoms with Crippen molar-refractivity contribution in [2.75, 3.05) is 5.32 Å². The molecule has 22 heavy (non-hydrogen) atoms. The number of pyridine rings is 1. The zero-order valence-corrected chi connectivity index (χ0v) is 13.4. The molecule has 2 heterocycles. The van der Waals surface area contributed by atoms with E-state index >= 15 is 0 Å². The van der Waals surface area contributed by atoms with Crippen LogP contribution in [-0.4, -0.2) is 20.7 Å². The molecular weight excluding hydrogens is 323 g/mol. The highest BCUT2D eigenvalue weighted by molar-refractivity contribution is 6.39. The number of hydrogen-bond donors (Lipinski definition) is 1. The fraction of sp³-hybridized carbons (Fsp3) is 0.133. The molecule has 0 aliphatic rings. The average Bonchev–Trinajstić information content (AvgIpc) is 2.77. The maximum absolute atomic E-state index is 12.4. The van der Waals surface area contributed by atoms with Gasteiger partial charge in [-0.3, -0.25) is 9.48 Å². The van der Waals surface area contributed by atoms with Gasteiger partial charge in [0, 0.05) is 13.2 Å². The summed E-state index contributed by atoms with van der Waals surface area (Å²) < 4.78 is 1.63. The molecule has 5 nitrogen and oxygen atoms in total. The summed E-state index contributed by atoms with van der Waals surface area (Å²) in [5.41, 5.74) is 2.16. The summed E-state index contributed by atoms with van der Waals surface area (Å²) in [6.07, 6.45) is 1.44. The molecule has 0 unspecified atom stereocenters. The molecule has 1 aromatic carbocycles. The van der Waals surface area contributed by atoms with Crippen molar-refractivity contribution in [3.63, 3.8) is 0 Å². The van der Waals surface area contributed by atoms with Gasteiger partial charge in [-0.25, -0.2) is 4.98 Å². The van der Waals surface area contributed by atoms with E-state index in [9.17, 15) is 4.79 Å². The zero-order valence-electron chi connectivity index (χ0n) is 11.9. The van der Waals surface area contributed by atoms with Crippen LogP contribution in [0.3, 0.4) is 0 Å². The van der Waals surface area contributed by atoms with E-state index in [2.05, 4.69) is 15.4 Å².